The Kier molecular flexibility index (Phi) is 22.1. The minimum absolute atomic E-state index is 0. The number of hydrogen-bond acceptors (Lipinski definition) is 13. The van der Waals surface area contributed by atoms with E-state index in [2.05, 4.69) is 39.8 Å². The zero-order valence-electron chi connectivity index (χ0n) is 35.0. The van der Waals surface area contributed by atoms with Gasteiger partial charge >= 0.3 is 49.9 Å². The van der Waals surface area contributed by atoms with Gasteiger partial charge < -0.3 is 49.2 Å². The van der Waals surface area contributed by atoms with Crippen molar-refractivity contribution >= 4 is 86.3 Å². The maximum absolute atomic E-state index is 14.3. The summed E-state index contributed by atoms with van der Waals surface area (Å²) in [6, 6.07) is 15.7. The molecule has 15 nitrogen and oxygen atoms in total. The fraction of sp³-hybridized carbons (Fsp3) is 0.488. The first kappa shape index (κ1) is 51.4. The van der Waals surface area contributed by atoms with Crippen molar-refractivity contribution in [2.75, 3.05) is 7.05 Å². The van der Waals surface area contributed by atoms with E-state index in [1.807, 2.05) is 79.9 Å². The molecule has 0 spiro atoms. The Morgan fingerprint density at radius 2 is 1.57 bits per heavy atom. The molecule has 0 radical (unpaired) electrons. The quantitative estimate of drug-likeness (QED) is 0.0480. The Hall–Kier alpha value is -2.96. The third-order valence-electron chi connectivity index (χ3n) is 9.20. The molecule has 0 aliphatic heterocycles. The molecule has 4 rings (SSSR count). The summed E-state index contributed by atoms with van der Waals surface area (Å²) in [5, 5.41) is 11.8. The third-order valence-corrected chi connectivity index (χ3v) is 11.6. The second-order valence-corrected chi connectivity index (χ2v) is 17.9. The molecule has 3 N–H and O–H groups in total. The molecule has 0 fully saturated rings. The van der Waals surface area contributed by atoms with Crippen molar-refractivity contribution in [3.8, 4) is 0 Å². The van der Waals surface area contributed by atoms with Crippen LogP contribution >= 0.6 is 30.5 Å². The number of rotatable bonds is 23. The fourth-order valence-corrected chi connectivity index (χ4v) is 8.01. The summed E-state index contributed by atoms with van der Waals surface area (Å²) in [6.07, 6.45) is -0.756. The number of nitrogens with one attached hydrogen (secondary N) is 3. The van der Waals surface area contributed by atoms with Crippen molar-refractivity contribution in [1.29, 1.82) is 0 Å². The van der Waals surface area contributed by atoms with E-state index in [-0.39, 0.29) is 82.0 Å². The average Bonchev–Trinajstić information content (AvgIpc) is 3.89. The van der Waals surface area contributed by atoms with Gasteiger partial charge in [-0.3, -0.25) is 9.78 Å². The molecule has 1 unspecified atom stereocenters. The first-order chi connectivity index (χ1) is 28.1. The number of phosphoric ester groups is 1. The van der Waals surface area contributed by atoms with E-state index in [4.69, 9.17) is 14.0 Å². The van der Waals surface area contributed by atoms with Gasteiger partial charge in [0.2, 0.25) is 5.91 Å². The second-order valence-electron chi connectivity index (χ2n) is 14.9. The Balaban J connectivity index is 0.00000961. The SMILES string of the molecule is CCCC(O[C@@H](C[C@H](Cc1ccccc1)NC(=O)[C@@H](NC(=O)N(C)Cc1csc(C(C)C)n1)C(C)C)[C@H](Cc1ccccc1)NC(=O)OCc1cncs1)OP(=O)([O-])[O-].[Ca+2]. The molecule has 5 atom stereocenters. The smallest absolute Gasteiger partial charge is 0.790 e. The van der Waals surface area contributed by atoms with Gasteiger partial charge in [0, 0.05) is 30.6 Å². The van der Waals surface area contributed by atoms with Crippen LogP contribution in [0.15, 0.2) is 77.8 Å². The van der Waals surface area contributed by atoms with E-state index in [0.29, 0.717) is 12.8 Å². The number of aromatic nitrogens is 2. The predicted octanol–water partition coefficient (Wildman–Crippen LogP) is 5.52. The van der Waals surface area contributed by atoms with Crippen LogP contribution in [0.2, 0.25) is 0 Å². The molecule has 322 valence electrons. The van der Waals surface area contributed by atoms with Crippen molar-refractivity contribution in [3.63, 3.8) is 0 Å². The summed E-state index contributed by atoms with van der Waals surface area (Å²) in [7, 11) is -3.88. The van der Waals surface area contributed by atoms with Crippen molar-refractivity contribution in [3.05, 3.63) is 104 Å². The molecular formula is C41H55CaN6O9PS2. The van der Waals surface area contributed by atoms with E-state index < -0.39 is 56.4 Å². The van der Waals surface area contributed by atoms with Crippen LogP contribution in [0.25, 0.3) is 0 Å². The van der Waals surface area contributed by atoms with Crippen molar-refractivity contribution in [2.45, 2.75) is 116 Å². The summed E-state index contributed by atoms with van der Waals surface area (Å²) < 4.78 is 28.8. The number of amides is 4. The maximum atomic E-state index is 14.3. The van der Waals surface area contributed by atoms with E-state index in [9.17, 15) is 28.7 Å². The minimum atomic E-state index is -5.51. The second kappa shape index (κ2) is 25.8. The maximum Gasteiger partial charge on any atom is 2.00 e. The molecule has 19 heteroatoms. The van der Waals surface area contributed by atoms with Gasteiger partial charge in [-0.05, 0) is 42.7 Å². The van der Waals surface area contributed by atoms with Crippen LogP contribution < -0.4 is 25.7 Å². The average molecular weight is 911 g/mol. The normalized spacial score (nSPS) is 14.0. The van der Waals surface area contributed by atoms with Gasteiger partial charge in [0.15, 0.2) is 6.29 Å². The van der Waals surface area contributed by atoms with Crippen molar-refractivity contribution in [1.82, 2.24) is 30.8 Å². The molecule has 0 bridgehead atoms. The molecule has 4 amide bonds. The summed E-state index contributed by atoms with van der Waals surface area (Å²) >= 11 is 2.86. The van der Waals surface area contributed by atoms with E-state index in [0.717, 1.165) is 26.7 Å². The molecule has 0 aliphatic carbocycles. The number of nitrogens with zero attached hydrogens (tertiary/aromatic N) is 3. The Labute approximate surface area is 390 Å². The Bertz CT molecular complexity index is 1920. The molecule has 2 aromatic heterocycles. The largest absolute Gasteiger partial charge is 2.00 e. The number of phosphoric acid groups is 1. The van der Waals surface area contributed by atoms with Crippen LogP contribution in [-0.4, -0.2) is 108 Å². The molecule has 4 aromatic rings. The number of carbonyl (C=O) groups excluding carboxylic acids is 3. The molecule has 0 saturated heterocycles. The number of urea groups is 1. The number of hydrogen-bond donors (Lipinski definition) is 3. The van der Waals surface area contributed by atoms with E-state index in [1.165, 1.54) is 27.6 Å². The molecule has 2 aromatic carbocycles. The van der Waals surface area contributed by atoms with Crippen LogP contribution in [0.4, 0.5) is 9.59 Å². The van der Waals surface area contributed by atoms with Crippen LogP contribution in [0, 0.1) is 5.92 Å². The summed E-state index contributed by atoms with van der Waals surface area (Å²) in [5.74, 6) is -0.526. The van der Waals surface area contributed by atoms with Crippen LogP contribution in [0.1, 0.15) is 86.5 Å². The van der Waals surface area contributed by atoms with Gasteiger partial charge in [-0.25, -0.2) is 14.6 Å². The fourth-order valence-electron chi connectivity index (χ4n) is 6.24. The summed E-state index contributed by atoms with van der Waals surface area (Å²) in [6.45, 7) is 9.75. The summed E-state index contributed by atoms with van der Waals surface area (Å²) in [4.78, 5) is 75.9. The zero-order chi connectivity index (χ0) is 43.0. The zero-order valence-corrected chi connectivity index (χ0v) is 39.7. The van der Waals surface area contributed by atoms with Crippen LogP contribution in [0.3, 0.4) is 0 Å². The third kappa shape index (κ3) is 18.2. The Morgan fingerprint density at radius 1 is 0.917 bits per heavy atom. The summed E-state index contributed by atoms with van der Waals surface area (Å²) in [5.41, 5.74) is 4.05. The van der Waals surface area contributed by atoms with Gasteiger partial charge in [0.05, 0.1) is 47.6 Å². The molecule has 60 heavy (non-hydrogen) atoms. The number of alkyl carbamates (subject to hydrolysis) is 1. The molecular weight excluding hydrogens is 856 g/mol. The predicted molar refractivity (Wildman–Crippen MR) is 229 cm³/mol. The van der Waals surface area contributed by atoms with Crippen LogP contribution in [0.5, 0.6) is 0 Å². The monoisotopic (exact) mass is 910 g/mol. The number of ether oxygens (including phenoxy) is 2. The van der Waals surface area contributed by atoms with Gasteiger partial charge in [-0.15, -0.1) is 22.7 Å². The Morgan fingerprint density at radius 3 is 2.12 bits per heavy atom. The van der Waals surface area contributed by atoms with Gasteiger partial charge in [0.25, 0.3) is 0 Å². The molecule has 0 saturated carbocycles. The first-order valence-corrected chi connectivity index (χ1v) is 22.8. The van der Waals surface area contributed by atoms with Crippen LogP contribution in [-0.2, 0) is 49.4 Å². The van der Waals surface area contributed by atoms with Gasteiger partial charge in [0.1, 0.15) is 12.6 Å². The number of carbonyl (C=O) groups is 3. The number of benzene rings is 2. The van der Waals surface area contributed by atoms with Crippen molar-refractivity contribution < 1.29 is 42.7 Å². The minimum Gasteiger partial charge on any atom is -0.790 e. The topological polar surface area (TPSA) is 207 Å². The van der Waals surface area contributed by atoms with E-state index in [1.54, 1.807) is 25.7 Å². The van der Waals surface area contributed by atoms with E-state index >= 15 is 0 Å². The first-order valence-electron chi connectivity index (χ1n) is 19.6. The van der Waals surface area contributed by atoms with Gasteiger partial charge in [-0.1, -0.05) is 102 Å². The number of thiazole rings is 2. The van der Waals surface area contributed by atoms with Crippen molar-refractivity contribution in [2.24, 2.45) is 5.92 Å². The standard InChI is InChI=1S/C41H57N6O9PS2.Ca/c1-7-14-36(56-57(51,52)53)55-35(34(20-30-17-12-9-13-18-30)45-41(50)54-24-33-22-42-26-59-33)21-31(19-29-15-10-8-11-16-29)43-38(48)37(27(2)3)46-40(49)47(6)23-32-25-58-39(44-32)28(4)5;/h8-13,15-18,22,25-28,31,34-37H,7,14,19-21,23-24H2,1-6H3,(H,43,48)(H,45,50)(H,46,49)(H2,51,52,53);/q;+2/p-2/t31-,34-,35-,36?,37-;/m0./s1. The molecule has 2 heterocycles. The molecule has 0 aliphatic rings. The van der Waals surface area contributed by atoms with Gasteiger partial charge in [-0.2, -0.15) is 0 Å².